The molecule has 0 unspecified atom stereocenters. The maximum Gasteiger partial charge on any atom is 0.292 e. The summed E-state index contributed by atoms with van der Waals surface area (Å²) < 4.78 is 15.1. The highest BCUT2D eigenvalue weighted by Gasteiger charge is 2.10. The first-order valence-electron chi connectivity index (χ1n) is 5.90. The third kappa shape index (κ3) is 3.63. The maximum atomic E-state index is 13.2. The number of rotatable bonds is 4. The van der Waals surface area contributed by atoms with Crippen LogP contribution in [0.15, 0.2) is 33.7 Å². The summed E-state index contributed by atoms with van der Waals surface area (Å²) in [4.78, 5) is 12.1. The standard InChI is InChI=1S/C14H10BrClFN3O/c1-2-5-20-14(21)13(12(16)8-19-20)18-7-9-6-10(17)3-4-11(9)15/h1,3-4,6,8,18H,5,7H2. The lowest BCUT2D eigenvalue weighted by molar-refractivity contribution is 0.625. The van der Waals surface area contributed by atoms with E-state index >= 15 is 0 Å². The fraction of sp³-hybridized carbons (Fsp3) is 0.143. The van der Waals surface area contributed by atoms with E-state index in [9.17, 15) is 9.18 Å². The lowest BCUT2D eigenvalue weighted by atomic mass is 10.2. The van der Waals surface area contributed by atoms with Crippen LogP contribution in [0.5, 0.6) is 0 Å². The number of anilines is 1. The van der Waals surface area contributed by atoms with Gasteiger partial charge in [-0.2, -0.15) is 5.10 Å². The smallest absolute Gasteiger partial charge is 0.292 e. The molecule has 1 heterocycles. The molecule has 2 rings (SSSR count). The Morgan fingerprint density at radius 1 is 1.52 bits per heavy atom. The number of nitrogens with zero attached hydrogens (tertiary/aromatic N) is 2. The van der Waals surface area contributed by atoms with Crippen LogP contribution in [0.25, 0.3) is 0 Å². The van der Waals surface area contributed by atoms with Gasteiger partial charge in [-0.15, -0.1) is 6.42 Å². The summed E-state index contributed by atoms with van der Waals surface area (Å²) in [6.45, 7) is 0.279. The third-order valence-electron chi connectivity index (χ3n) is 2.70. The van der Waals surface area contributed by atoms with Crippen molar-refractivity contribution >= 4 is 33.2 Å². The molecule has 0 aliphatic heterocycles. The summed E-state index contributed by atoms with van der Waals surface area (Å²) in [7, 11) is 0. The Balaban J connectivity index is 2.28. The third-order valence-corrected chi connectivity index (χ3v) is 3.76. The summed E-state index contributed by atoms with van der Waals surface area (Å²) in [5, 5.41) is 6.91. The molecule has 108 valence electrons. The zero-order chi connectivity index (χ0) is 15.4. The Kier molecular flexibility index (Phi) is 4.99. The van der Waals surface area contributed by atoms with E-state index in [0.29, 0.717) is 5.56 Å². The summed E-state index contributed by atoms with van der Waals surface area (Å²) in [6, 6.07) is 4.30. The SMILES string of the molecule is C#CCn1ncc(Cl)c(NCc2cc(F)ccc2Br)c1=O. The second kappa shape index (κ2) is 6.74. The zero-order valence-corrected chi connectivity index (χ0v) is 13.1. The minimum absolute atomic E-state index is 0.0499. The van der Waals surface area contributed by atoms with E-state index in [1.54, 1.807) is 6.07 Å². The van der Waals surface area contributed by atoms with Crippen molar-refractivity contribution in [3.05, 3.63) is 55.6 Å². The van der Waals surface area contributed by atoms with Crippen molar-refractivity contribution in [2.24, 2.45) is 0 Å². The molecule has 0 saturated carbocycles. The molecule has 0 aliphatic carbocycles. The zero-order valence-electron chi connectivity index (χ0n) is 10.7. The number of aromatic nitrogens is 2. The molecule has 1 aromatic carbocycles. The van der Waals surface area contributed by atoms with Crippen molar-refractivity contribution < 1.29 is 4.39 Å². The molecular formula is C14H10BrClFN3O. The van der Waals surface area contributed by atoms with E-state index in [1.165, 1.54) is 18.3 Å². The van der Waals surface area contributed by atoms with Crippen LogP contribution in [0.4, 0.5) is 10.1 Å². The molecule has 0 spiro atoms. The molecule has 0 saturated heterocycles. The number of hydrogen-bond acceptors (Lipinski definition) is 3. The van der Waals surface area contributed by atoms with Gasteiger partial charge >= 0.3 is 0 Å². The number of nitrogens with one attached hydrogen (secondary N) is 1. The first-order valence-corrected chi connectivity index (χ1v) is 7.07. The average Bonchev–Trinajstić information content (AvgIpc) is 2.45. The fourth-order valence-corrected chi connectivity index (χ4v) is 2.27. The predicted molar refractivity (Wildman–Crippen MR) is 83.8 cm³/mol. The van der Waals surface area contributed by atoms with Gasteiger partial charge in [-0.1, -0.05) is 33.5 Å². The second-order valence-electron chi connectivity index (χ2n) is 4.12. The summed E-state index contributed by atoms with van der Waals surface area (Å²) in [5.74, 6) is 1.97. The molecule has 1 N–H and O–H groups in total. The fourth-order valence-electron chi connectivity index (χ4n) is 1.69. The highest BCUT2D eigenvalue weighted by atomic mass is 79.9. The summed E-state index contributed by atoms with van der Waals surface area (Å²) >= 11 is 9.28. The summed E-state index contributed by atoms with van der Waals surface area (Å²) in [6.07, 6.45) is 6.50. The first kappa shape index (κ1) is 15.5. The minimum Gasteiger partial charge on any atom is -0.375 e. The van der Waals surface area contributed by atoms with Gasteiger partial charge in [0.25, 0.3) is 5.56 Å². The minimum atomic E-state index is -0.423. The molecule has 2 aromatic rings. The van der Waals surface area contributed by atoms with E-state index < -0.39 is 5.56 Å². The topological polar surface area (TPSA) is 46.9 Å². The van der Waals surface area contributed by atoms with Gasteiger partial charge in [0.1, 0.15) is 18.0 Å². The van der Waals surface area contributed by atoms with E-state index in [1.807, 2.05) is 0 Å². The molecule has 7 heteroatoms. The van der Waals surface area contributed by atoms with Crippen LogP contribution in [0.3, 0.4) is 0 Å². The maximum absolute atomic E-state index is 13.2. The van der Waals surface area contributed by atoms with Gasteiger partial charge in [0, 0.05) is 11.0 Å². The molecule has 0 radical (unpaired) electrons. The van der Waals surface area contributed by atoms with Crippen molar-refractivity contribution in [2.75, 3.05) is 5.32 Å². The Hall–Kier alpha value is -1.84. The molecular weight excluding hydrogens is 361 g/mol. The number of halogens is 3. The highest BCUT2D eigenvalue weighted by molar-refractivity contribution is 9.10. The van der Waals surface area contributed by atoms with E-state index in [2.05, 4.69) is 32.3 Å². The number of terminal acetylenes is 1. The van der Waals surface area contributed by atoms with Crippen molar-refractivity contribution in [1.82, 2.24) is 9.78 Å². The Morgan fingerprint density at radius 3 is 3.00 bits per heavy atom. The van der Waals surface area contributed by atoms with E-state index in [-0.39, 0.29) is 29.6 Å². The molecule has 0 amide bonds. The highest BCUT2D eigenvalue weighted by Crippen LogP contribution is 2.21. The lowest BCUT2D eigenvalue weighted by Crippen LogP contribution is -2.25. The van der Waals surface area contributed by atoms with Gasteiger partial charge in [-0.25, -0.2) is 9.07 Å². The molecule has 0 aliphatic rings. The molecule has 21 heavy (non-hydrogen) atoms. The van der Waals surface area contributed by atoms with Gasteiger partial charge in [0.2, 0.25) is 0 Å². The number of hydrogen-bond donors (Lipinski definition) is 1. The first-order chi connectivity index (χ1) is 10.0. The molecule has 0 bridgehead atoms. The van der Waals surface area contributed by atoms with Crippen LogP contribution in [-0.2, 0) is 13.1 Å². The Labute approximate surface area is 134 Å². The molecule has 0 atom stereocenters. The van der Waals surface area contributed by atoms with Crippen LogP contribution >= 0.6 is 27.5 Å². The largest absolute Gasteiger partial charge is 0.375 e. The van der Waals surface area contributed by atoms with Gasteiger partial charge in [0.15, 0.2) is 0 Å². The van der Waals surface area contributed by atoms with Crippen molar-refractivity contribution in [3.8, 4) is 12.3 Å². The van der Waals surface area contributed by atoms with Crippen molar-refractivity contribution in [2.45, 2.75) is 13.1 Å². The van der Waals surface area contributed by atoms with Crippen LogP contribution in [0, 0.1) is 18.2 Å². The van der Waals surface area contributed by atoms with Crippen LogP contribution in [0.1, 0.15) is 5.56 Å². The predicted octanol–water partition coefficient (Wildman–Crippen LogP) is 3.04. The second-order valence-corrected chi connectivity index (χ2v) is 5.39. The van der Waals surface area contributed by atoms with E-state index in [4.69, 9.17) is 18.0 Å². The van der Waals surface area contributed by atoms with Gasteiger partial charge < -0.3 is 5.32 Å². The molecule has 4 nitrogen and oxygen atoms in total. The van der Waals surface area contributed by atoms with E-state index in [0.717, 1.165) is 9.15 Å². The Bertz CT molecular complexity index is 770. The van der Waals surface area contributed by atoms with Gasteiger partial charge in [0.05, 0.1) is 11.2 Å². The van der Waals surface area contributed by atoms with Crippen LogP contribution in [-0.4, -0.2) is 9.78 Å². The Morgan fingerprint density at radius 2 is 2.29 bits per heavy atom. The van der Waals surface area contributed by atoms with Gasteiger partial charge in [-0.05, 0) is 23.8 Å². The van der Waals surface area contributed by atoms with Crippen LogP contribution in [0.2, 0.25) is 5.02 Å². The van der Waals surface area contributed by atoms with Crippen LogP contribution < -0.4 is 10.9 Å². The normalized spacial score (nSPS) is 10.2. The summed E-state index contributed by atoms with van der Waals surface area (Å²) in [5.41, 5.74) is 0.414. The molecule has 0 fully saturated rings. The quantitative estimate of drug-likeness (QED) is 0.842. The van der Waals surface area contributed by atoms with Crippen molar-refractivity contribution in [1.29, 1.82) is 0 Å². The lowest BCUT2D eigenvalue weighted by Gasteiger charge is -2.10. The molecule has 1 aromatic heterocycles. The van der Waals surface area contributed by atoms with Gasteiger partial charge in [-0.3, -0.25) is 4.79 Å². The monoisotopic (exact) mass is 369 g/mol. The van der Waals surface area contributed by atoms with Crippen molar-refractivity contribution in [3.63, 3.8) is 0 Å². The number of benzene rings is 1. The average molecular weight is 371 g/mol.